The number of alkyl carbamates (subject to hydrolysis) is 1. The molecule has 1 saturated heterocycles. The molecule has 2 rings (SSSR count). The molecule has 1 aromatic rings. The highest BCUT2D eigenvalue weighted by atomic mass is 16.7. The van der Waals surface area contributed by atoms with Gasteiger partial charge in [0.15, 0.2) is 0 Å². The molecule has 1 aliphatic rings. The van der Waals surface area contributed by atoms with E-state index in [1.54, 1.807) is 51.1 Å². The van der Waals surface area contributed by atoms with E-state index in [-0.39, 0.29) is 19.4 Å². The molecule has 0 radical (unpaired) electrons. The molecule has 2 atom stereocenters. The lowest BCUT2D eigenvalue weighted by Crippen LogP contribution is -2.54. The average Bonchev–Trinajstić information content (AvgIpc) is 2.97. The van der Waals surface area contributed by atoms with Crippen molar-refractivity contribution in [2.45, 2.75) is 46.3 Å². The summed E-state index contributed by atoms with van der Waals surface area (Å²) < 4.78 is 5.03. The standard InChI is InChI=1S/C20H24N2O8/c1-20(2,3)15(18(27)30-22-13(23)9-10-14(22)24)16(17(25)26)21-19(28)29-11-12-7-5-4-6-8-12/h4-8,15-16H,9-11H2,1-3H3,(H,21,28)(H,25,26)/t15?,16-/m0/s1. The van der Waals surface area contributed by atoms with E-state index in [9.17, 15) is 29.1 Å². The average molecular weight is 420 g/mol. The molecule has 10 heteroatoms. The van der Waals surface area contributed by atoms with Crippen molar-refractivity contribution < 1.29 is 38.7 Å². The van der Waals surface area contributed by atoms with E-state index >= 15 is 0 Å². The van der Waals surface area contributed by atoms with Crippen LogP contribution in [0.3, 0.4) is 0 Å². The predicted octanol–water partition coefficient (Wildman–Crippen LogP) is 1.64. The Morgan fingerprint density at radius 3 is 2.17 bits per heavy atom. The zero-order valence-electron chi connectivity index (χ0n) is 16.9. The van der Waals surface area contributed by atoms with Gasteiger partial charge in [-0.1, -0.05) is 51.1 Å². The first-order valence-corrected chi connectivity index (χ1v) is 9.28. The maximum Gasteiger partial charge on any atom is 0.408 e. The summed E-state index contributed by atoms with van der Waals surface area (Å²) in [7, 11) is 0. The highest BCUT2D eigenvalue weighted by Gasteiger charge is 2.46. The number of aliphatic carboxylic acids is 1. The van der Waals surface area contributed by atoms with Gasteiger partial charge in [0.1, 0.15) is 12.6 Å². The number of carbonyl (C=O) groups excluding carboxylic acids is 4. The third-order valence-corrected chi connectivity index (χ3v) is 4.46. The van der Waals surface area contributed by atoms with Gasteiger partial charge in [-0.05, 0) is 11.0 Å². The fourth-order valence-electron chi connectivity index (χ4n) is 2.97. The van der Waals surface area contributed by atoms with Crippen molar-refractivity contribution in [1.29, 1.82) is 0 Å². The minimum absolute atomic E-state index is 0.0968. The van der Waals surface area contributed by atoms with E-state index < -0.39 is 47.2 Å². The number of benzene rings is 1. The molecule has 10 nitrogen and oxygen atoms in total. The zero-order chi connectivity index (χ0) is 22.5. The highest BCUT2D eigenvalue weighted by Crippen LogP contribution is 2.31. The summed E-state index contributed by atoms with van der Waals surface area (Å²) in [5.74, 6) is -5.42. The Balaban J connectivity index is 2.13. The Morgan fingerprint density at radius 1 is 1.10 bits per heavy atom. The highest BCUT2D eigenvalue weighted by molar-refractivity contribution is 6.02. The van der Waals surface area contributed by atoms with Gasteiger partial charge in [0.25, 0.3) is 11.8 Å². The van der Waals surface area contributed by atoms with Crippen molar-refractivity contribution in [2.24, 2.45) is 11.3 Å². The van der Waals surface area contributed by atoms with E-state index in [0.29, 0.717) is 10.6 Å². The molecule has 0 saturated carbocycles. The molecule has 1 fully saturated rings. The molecule has 30 heavy (non-hydrogen) atoms. The maximum absolute atomic E-state index is 12.7. The van der Waals surface area contributed by atoms with Crippen molar-refractivity contribution in [1.82, 2.24) is 10.4 Å². The molecule has 3 amide bonds. The summed E-state index contributed by atoms with van der Waals surface area (Å²) in [6.07, 6.45) is -1.24. The molecule has 2 N–H and O–H groups in total. The first-order chi connectivity index (χ1) is 14.0. The van der Waals surface area contributed by atoms with Crippen molar-refractivity contribution in [3.63, 3.8) is 0 Å². The van der Waals surface area contributed by atoms with Gasteiger partial charge in [-0.2, -0.15) is 0 Å². The SMILES string of the molecule is CC(C)(C)C(C(=O)ON1C(=O)CCC1=O)[C@H](NC(=O)OCc1ccccc1)C(=O)O. The van der Waals surface area contributed by atoms with Gasteiger partial charge in [0, 0.05) is 12.8 Å². The number of rotatable bonds is 7. The van der Waals surface area contributed by atoms with Crippen molar-refractivity contribution in [3.8, 4) is 0 Å². The first-order valence-electron chi connectivity index (χ1n) is 9.28. The molecule has 162 valence electrons. The number of carbonyl (C=O) groups is 5. The summed E-state index contributed by atoms with van der Waals surface area (Å²) in [5.41, 5.74) is -0.309. The van der Waals surface area contributed by atoms with Crippen LogP contribution in [0, 0.1) is 11.3 Å². The second-order valence-electron chi connectivity index (χ2n) is 7.86. The monoisotopic (exact) mass is 420 g/mol. The number of carboxylic acid groups (broad SMARTS) is 1. The van der Waals surface area contributed by atoms with Crippen LogP contribution in [0.1, 0.15) is 39.2 Å². The third-order valence-electron chi connectivity index (χ3n) is 4.46. The summed E-state index contributed by atoms with van der Waals surface area (Å²) >= 11 is 0. The third kappa shape index (κ3) is 5.79. The van der Waals surface area contributed by atoms with Crippen LogP contribution in [0.4, 0.5) is 4.79 Å². The summed E-state index contributed by atoms with van der Waals surface area (Å²) in [5, 5.41) is 12.1. The van der Waals surface area contributed by atoms with Crippen LogP contribution < -0.4 is 5.32 Å². The van der Waals surface area contributed by atoms with Gasteiger partial charge in [-0.3, -0.25) is 9.59 Å². The fraction of sp³-hybridized carbons (Fsp3) is 0.450. The van der Waals surface area contributed by atoms with E-state index in [1.165, 1.54) is 0 Å². The molecule has 0 spiro atoms. The number of carboxylic acids is 1. The van der Waals surface area contributed by atoms with Crippen LogP contribution in [0.15, 0.2) is 30.3 Å². The van der Waals surface area contributed by atoms with E-state index in [4.69, 9.17) is 9.57 Å². The molecule has 1 aromatic carbocycles. The van der Waals surface area contributed by atoms with E-state index in [1.807, 2.05) is 0 Å². The minimum Gasteiger partial charge on any atom is -0.480 e. The number of hydroxylamine groups is 2. The Hall–Kier alpha value is -3.43. The summed E-state index contributed by atoms with van der Waals surface area (Å²) in [6.45, 7) is 4.61. The number of hydrogen-bond donors (Lipinski definition) is 2. The minimum atomic E-state index is -1.71. The quantitative estimate of drug-likeness (QED) is 0.635. The Morgan fingerprint density at radius 2 is 1.67 bits per heavy atom. The molecule has 1 unspecified atom stereocenters. The number of imide groups is 1. The number of hydrogen-bond acceptors (Lipinski definition) is 7. The van der Waals surface area contributed by atoms with Gasteiger partial charge in [0.2, 0.25) is 0 Å². The van der Waals surface area contributed by atoms with E-state index in [0.717, 1.165) is 0 Å². The lowest BCUT2D eigenvalue weighted by Gasteiger charge is -2.33. The molecular weight excluding hydrogens is 396 g/mol. The second-order valence-corrected chi connectivity index (χ2v) is 7.86. The molecule has 1 heterocycles. The molecular formula is C20H24N2O8. The van der Waals surface area contributed by atoms with Crippen LogP contribution in [0.2, 0.25) is 0 Å². The van der Waals surface area contributed by atoms with Crippen LogP contribution in [-0.2, 0) is 35.4 Å². The number of nitrogens with zero attached hydrogens (tertiary/aromatic N) is 1. The van der Waals surface area contributed by atoms with Crippen LogP contribution in [0.25, 0.3) is 0 Å². The van der Waals surface area contributed by atoms with Gasteiger partial charge < -0.3 is 20.0 Å². The van der Waals surface area contributed by atoms with Crippen LogP contribution >= 0.6 is 0 Å². The topological polar surface area (TPSA) is 139 Å². The number of ether oxygens (including phenoxy) is 1. The normalized spacial score (nSPS) is 16.0. The summed E-state index contributed by atoms with van der Waals surface area (Å²) in [4.78, 5) is 65.1. The number of amides is 3. The molecule has 0 aliphatic carbocycles. The van der Waals surface area contributed by atoms with Crippen molar-refractivity contribution in [3.05, 3.63) is 35.9 Å². The first kappa shape index (κ1) is 22.9. The maximum atomic E-state index is 12.7. The van der Waals surface area contributed by atoms with Gasteiger partial charge >= 0.3 is 18.0 Å². The van der Waals surface area contributed by atoms with Crippen LogP contribution in [0.5, 0.6) is 0 Å². The van der Waals surface area contributed by atoms with Crippen molar-refractivity contribution in [2.75, 3.05) is 0 Å². The lowest BCUT2D eigenvalue weighted by molar-refractivity contribution is -0.204. The molecule has 0 aromatic heterocycles. The Kier molecular flexibility index (Phi) is 7.14. The van der Waals surface area contributed by atoms with E-state index in [2.05, 4.69) is 5.32 Å². The predicted molar refractivity (Wildman–Crippen MR) is 101 cm³/mol. The fourth-order valence-corrected chi connectivity index (χ4v) is 2.97. The van der Waals surface area contributed by atoms with Gasteiger partial charge in [-0.15, -0.1) is 5.06 Å². The second kappa shape index (κ2) is 9.38. The molecule has 1 aliphatic heterocycles. The van der Waals surface area contributed by atoms with Crippen molar-refractivity contribution >= 4 is 29.8 Å². The van der Waals surface area contributed by atoms with Gasteiger partial charge in [0.05, 0.1) is 5.92 Å². The Bertz CT molecular complexity index is 815. The molecule has 0 bridgehead atoms. The largest absolute Gasteiger partial charge is 0.480 e. The van der Waals surface area contributed by atoms with Crippen LogP contribution in [-0.4, -0.2) is 46.1 Å². The van der Waals surface area contributed by atoms with Gasteiger partial charge in [-0.25, -0.2) is 14.4 Å². The zero-order valence-corrected chi connectivity index (χ0v) is 16.9. The number of nitrogens with one attached hydrogen (secondary N) is 1. The summed E-state index contributed by atoms with van der Waals surface area (Å²) in [6, 6.07) is 7.03. The Labute approximate surface area is 173 Å². The lowest BCUT2D eigenvalue weighted by atomic mass is 9.76. The smallest absolute Gasteiger partial charge is 0.408 e.